The second-order valence-electron chi connectivity index (χ2n) is 7.50. The van der Waals surface area contributed by atoms with E-state index in [2.05, 4.69) is 10.6 Å². The Morgan fingerprint density at radius 3 is 2.59 bits per heavy atom. The topological polar surface area (TPSA) is 72.4 Å². The molecular formula is C24H24FN3O3S. The van der Waals surface area contributed by atoms with Crippen molar-refractivity contribution in [3.8, 4) is 5.75 Å². The van der Waals surface area contributed by atoms with Crippen LogP contribution < -0.4 is 15.4 Å². The highest BCUT2D eigenvalue weighted by atomic mass is 32.2. The van der Waals surface area contributed by atoms with Gasteiger partial charge in [0.2, 0.25) is 0 Å². The number of ether oxygens (including phenoxy) is 1. The number of anilines is 2. The van der Waals surface area contributed by atoms with Crippen LogP contribution in [-0.2, 0) is 16.6 Å². The number of nitrogens with zero attached hydrogens (tertiary/aromatic N) is 1. The minimum Gasteiger partial charge on any atom is -0.497 e. The van der Waals surface area contributed by atoms with Crippen LogP contribution in [0.15, 0.2) is 71.8 Å². The van der Waals surface area contributed by atoms with Gasteiger partial charge in [-0.1, -0.05) is 18.2 Å². The molecule has 0 aliphatic carbocycles. The fourth-order valence-electron chi connectivity index (χ4n) is 3.63. The summed E-state index contributed by atoms with van der Waals surface area (Å²) in [4.78, 5) is 0.118. The lowest BCUT2D eigenvalue weighted by Gasteiger charge is -2.11. The standard InChI is InChI=1S/C24H24FN3O3S/c1-16-7-10-23(22(25)11-16)27-18-8-9-21-17(14-26-2)15-28(24(21)12-18)32(29,30)20-6-4-5-19(13-20)31-3/h4-13,15,26-27H,14H2,1-3H3. The Morgan fingerprint density at radius 2 is 1.88 bits per heavy atom. The highest BCUT2D eigenvalue weighted by Gasteiger charge is 2.22. The fourth-order valence-corrected chi connectivity index (χ4v) is 5.05. The van der Waals surface area contributed by atoms with Gasteiger partial charge in [-0.3, -0.25) is 0 Å². The molecular weight excluding hydrogens is 429 g/mol. The summed E-state index contributed by atoms with van der Waals surface area (Å²) in [6, 6.07) is 16.6. The molecule has 0 atom stereocenters. The zero-order valence-corrected chi connectivity index (χ0v) is 18.8. The molecule has 1 aromatic heterocycles. The van der Waals surface area contributed by atoms with E-state index in [0.29, 0.717) is 29.2 Å². The van der Waals surface area contributed by atoms with Crippen LogP contribution in [0.2, 0.25) is 0 Å². The number of hydrogen-bond acceptors (Lipinski definition) is 5. The van der Waals surface area contributed by atoms with Crippen LogP contribution in [0.5, 0.6) is 5.75 Å². The van der Waals surface area contributed by atoms with E-state index in [4.69, 9.17) is 4.74 Å². The Bertz CT molecular complexity index is 1400. The minimum atomic E-state index is -3.89. The van der Waals surface area contributed by atoms with E-state index in [9.17, 15) is 12.8 Å². The lowest BCUT2D eigenvalue weighted by atomic mass is 10.1. The van der Waals surface area contributed by atoms with Crippen molar-refractivity contribution < 1.29 is 17.5 Å². The van der Waals surface area contributed by atoms with Crippen molar-refractivity contribution >= 4 is 32.3 Å². The molecule has 6 nitrogen and oxygen atoms in total. The van der Waals surface area contributed by atoms with Crippen LogP contribution >= 0.6 is 0 Å². The van der Waals surface area contributed by atoms with Crippen molar-refractivity contribution in [3.05, 3.63) is 83.8 Å². The summed E-state index contributed by atoms with van der Waals surface area (Å²) >= 11 is 0. The molecule has 2 N–H and O–H groups in total. The maximum Gasteiger partial charge on any atom is 0.268 e. The van der Waals surface area contributed by atoms with E-state index in [-0.39, 0.29) is 10.7 Å². The number of aromatic nitrogens is 1. The lowest BCUT2D eigenvalue weighted by Crippen LogP contribution is -2.12. The molecule has 1 heterocycles. The fraction of sp³-hybridized carbons (Fsp3) is 0.167. The van der Waals surface area contributed by atoms with Crippen LogP contribution in [0.25, 0.3) is 10.9 Å². The maximum atomic E-state index is 14.3. The Kier molecular flexibility index (Phi) is 5.90. The van der Waals surface area contributed by atoms with E-state index in [0.717, 1.165) is 16.5 Å². The number of aryl methyl sites for hydroxylation is 1. The molecule has 0 saturated heterocycles. The van der Waals surface area contributed by atoms with Crippen LogP contribution in [0.3, 0.4) is 0 Å². The molecule has 4 rings (SSSR count). The first-order valence-electron chi connectivity index (χ1n) is 10.0. The zero-order valence-electron chi connectivity index (χ0n) is 18.0. The molecule has 4 aromatic rings. The summed E-state index contributed by atoms with van der Waals surface area (Å²) in [5, 5.41) is 6.92. The first-order valence-corrected chi connectivity index (χ1v) is 11.5. The third-order valence-corrected chi connectivity index (χ3v) is 6.89. The van der Waals surface area contributed by atoms with E-state index >= 15 is 0 Å². The van der Waals surface area contributed by atoms with Crippen molar-refractivity contribution in [2.24, 2.45) is 0 Å². The molecule has 0 amide bonds. The largest absolute Gasteiger partial charge is 0.497 e. The van der Waals surface area contributed by atoms with Gasteiger partial charge in [0.25, 0.3) is 10.0 Å². The van der Waals surface area contributed by atoms with Gasteiger partial charge in [0, 0.05) is 29.9 Å². The average Bonchev–Trinajstić information content (AvgIpc) is 3.14. The third-order valence-electron chi connectivity index (χ3n) is 5.22. The van der Waals surface area contributed by atoms with Gasteiger partial charge in [0.05, 0.1) is 23.2 Å². The Hall–Kier alpha value is -3.36. The van der Waals surface area contributed by atoms with Gasteiger partial charge in [0.1, 0.15) is 11.6 Å². The molecule has 0 spiro atoms. The molecule has 0 bridgehead atoms. The molecule has 0 unspecified atom stereocenters. The highest BCUT2D eigenvalue weighted by Crippen LogP contribution is 2.31. The summed E-state index contributed by atoms with van der Waals surface area (Å²) in [5.41, 5.74) is 3.05. The smallest absolute Gasteiger partial charge is 0.268 e. The molecule has 0 aliphatic heterocycles. The SMILES string of the molecule is CNCc1cn(S(=O)(=O)c2cccc(OC)c2)c2cc(Nc3ccc(C)cc3F)ccc12. The van der Waals surface area contributed by atoms with E-state index < -0.39 is 10.0 Å². The van der Waals surface area contributed by atoms with Gasteiger partial charge in [-0.15, -0.1) is 0 Å². The Labute approximate surface area is 186 Å². The second-order valence-corrected chi connectivity index (χ2v) is 9.32. The molecule has 166 valence electrons. The van der Waals surface area contributed by atoms with Crippen molar-refractivity contribution in [1.82, 2.24) is 9.29 Å². The number of fused-ring (bicyclic) bond motifs is 1. The average molecular weight is 454 g/mol. The molecule has 0 radical (unpaired) electrons. The monoisotopic (exact) mass is 453 g/mol. The normalized spacial score (nSPS) is 11.6. The van der Waals surface area contributed by atoms with Crippen molar-refractivity contribution in [2.75, 3.05) is 19.5 Å². The molecule has 0 aliphatic rings. The Balaban J connectivity index is 1.85. The second kappa shape index (κ2) is 8.64. The van der Waals surface area contributed by atoms with Gasteiger partial charge in [0.15, 0.2) is 0 Å². The van der Waals surface area contributed by atoms with Gasteiger partial charge >= 0.3 is 0 Å². The lowest BCUT2D eigenvalue weighted by molar-refractivity contribution is 0.413. The zero-order chi connectivity index (χ0) is 22.9. The van der Waals surface area contributed by atoms with Crippen molar-refractivity contribution in [2.45, 2.75) is 18.4 Å². The minimum absolute atomic E-state index is 0.118. The quantitative estimate of drug-likeness (QED) is 0.421. The molecule has 3 aromatic carbocycles. The molecule has 0 fully saturated rings. The number of methoxy groups -OCH3 is 1. The summed E-state index contributed by atoms with van der Waals surface area (Å²) in [5.74, 6) is 0.0792. The molecule has 0 saturated carbocycles. The molecule has 8 heteroatoms. The number of hydrogen-bond donors (Lipinski definition) is 2. The van der Waals surface area contributed by atoms with Gasteiger partial charge < -0.3 is 15.4 Å². The highest BCUT2D eigenvalue weighted by molar-refractivity contribution is 7.90. The number of nitrogens with one attached hydrogen (secondary N) is 2. The summed E-state index contributed by atoms with van der Waals surface area (Å²) in [6.45, 7) is 2.31. The number of benzene rings is 3. The van der Waals surface area contributed by atoms with Crippen LogP contribution in [0.1, 0.15) is 11.1 Å². The summed E-state index contributed by atoms with van der Waals surface area (Å²) < 4.78 is 47.8. The van der Waals surface area contributed by atoms with Gasteiger partial charge in [-0.05, 0) is 61.5 Å². The Morgan fingerprint density at radius 1 is 1.06 bits per heavy atom. The summed E-state index contributed by atoms with van der Waals surface area (Å²) in [7, 11) is -0.601. The predicted octanol–water partition coefficient (Wildman–Crippen LogP) is 4.80. The first kappa shape index (κ1) is 21.9. The van der Waals surface area contributed by atoms with Crippen molar-refractivity contribution in [3.63, 3.8) is 0 Å². The van der Waals surface area contributed by atoms with Crippen LogP contribution in [0, 0.1) is 12.7 Å². The summed E-state index contributed by atoms with van der Waals surface area (Å²) in [6.07, 6.45) is 1.62. The van der Waals surface area contributed by atoms with E-state index in [1.54, 1.807) is 37.5 Å². The van der Waals surface area contributed by atoms with E-state index in [1.165, 1.54) is 29.3 Å². The van der Waals surface area contributed by atoms with Crippen molar-refractivity contribution in [1.29, 1.82) is 0 Å². The van der Waals surface area contributed by atoms with Gasteiger partial charge in [-0.2, -0.15) is 0 Å². The van der Waals surface area contributed by atoms with Gasteiger partial charge in [-0.25, -0.2) is 16.8 Å². The van der Waals surface area contributed by atoms with E-state index in [1.807, 2.05) is 25.1 Å². The maximum absolute atomic E-state index is 14.3. The number of halogens is 1. The molecule has 32 heavy (non-hydrogen) atoms. The predicted molar refractivity (Wildman–Crippen MR) is 125 cm³/mol. The third kappa shape index (κ3) is 4.06. The number of rotatable bonds is 7. The van der Waals surface area contributed by atoms with Crippen LogP contribution in [0.4, 0.5) is 15.8 Å². The van der Waals surface area contributed by atoms with Crippen LogP contribution in [-0.4, -0.2) is 26.5 Å². The first-order chi connectivity index (χ1) is 15.3.